The van der Waals surface area contributed by atoms with Crippen molar-refractivity contribution in [2.24, 2.45) is 0 Å². The summed E-state index contributed by atoms with van der Waals surface area (Å²) in [7, 11) is 2.97. The normalized spacial score (nSPS) is 10.4. The van der Waals surface area contributed by atoms with Crippen molar-refractivity contribution >= 4 is 23.4 Å². The second-order valence-corrected chi connectivity index (χ2v) is 5.79. The Morgan fingerprint density at radius 1 is 1.08 bits per heavy atom. The summed E-state index contributed by atoms with van der Waals surface area (Å²) in [6, 6.07) is 11.2. The highest BCUT2D eigenvalue weighted by molar-refractivity contribution is 7.99. The molecular formula is C17H17F2NO4S. The van der Waals surface area contributed by atoms with Crippen LogP contribution in [0.1, 0.15) is 0 Å². The van der Waals surface area contributed by atoms with Crippen molar-refractivity contribution in [3.8, 4) is 17.2 Å². The average Bonchev–Trinajstić information content (AvgIpc) is 2.60. The second kappa shape index (κ2) is 9.12. The maximum atomic E-state index is 12.3. The van der Waals surface area contributed by atoms with Gasteiger partial charge in [0.2, 0.25) is 5.75 Å². The smallest absolute Gasteiger partial charge is 0.288 e. The summed E-state index contributed by atoms with van der Waals surface area (Å²) in [5, 5.41) is 2.63. The number of benzene rings is 2. The number of methoxy groups -OCH3 is 2. The van der Waals surface area contributed by atoms with E-state index in [1.54, 1.807) is 30.3 Å². The van der Waals surface area contributed by atoms with E-state index in [2.05, 4.69) is 5.32 Å². The van der Waals surface area contributed by atoms with Gasteiger partial charge in [-0.3, -0.25) is 4.79 Å². The molecule has 0 atom stereocenters. The number of carbonyl (C=O) groups is 1. The summed E-state index contributed by atoms with van der Waals surface area (Å²) < 4.78 is 40.4. The van der Waals surface area contributed by atoms with E-state index < -0.39 is 11.7 Å². The Morgan fingerprint density at radius 3 is 2.20 bits per heavy atom. The molecule has 2 rings (SSSR count). The van der Waals surface area contributed by atoms with E-state index in [9.17, 15) is 13.6 Å². The molecule has 25 heavy (non-hydrogen) atoms. The van der Waals surface area contributed by atoms with Crippen molar-refractivity contribution in [2.75, 3.05) is 26.1 Å². The lowest BCUT2D eigenvalue weighted by Crippen LogP contribution is -2.20. The number of alkyl halides is 2. The van der Waals surface area contributed by atoms with Gasteiger partial charge in [-0.25, -0.2) is 0 Å². The molecule has 0 saturated carbocycles. The summed E-state index contributed by atoms with van der Waals surface area (Å²) in [5.74, 6) is -1.67. The maximum Gasteiger partial charge on any atom is 0.288 e. The number of nitrogens with one attached hydrogen (secondary N) is 1. The predicted octanol–water partition coefficient (Wildman–Crippen LogP) is 4.04. The molecule has 2 aromatic rings. The number of ether oxygens (including phenoxy) is 3. The number of rotatable bonds is 8. The molecule has 0 heterocycles. The van der Waals surface area contributed by atoms with Crippen molar-refractivity contribution in [1.82, 2.24) is 0 Å². The third kappa shape index (κ3) is 5.53. The standard InChI is InChI=1S/C17H17F2NO4S/c1-22-13-4-3-5-14(23-2)16(13)24-10-15(21)20-11-6-8-12(9-7-11)25-17(18)19/h3-9,17H,10H2,1-2H3,(H,20,21). The van der Waals surface area contributed by atoms with Gasteiger partial charge in [0.05, 0.1) is 14.2 Å². The molecule has 0 fully saturated rings. The van der Waals surface area contributed by atoms with Gasteiger partial charge in [0.1, 0.15) is 0 Å². The zero-order valence-corrected chi connectivity index (χ0v) is 14.4. The van der Waals surface area contributed by atoms with Gasteiger partial charge >= 0.3 is 0 Å². The van der Waals surface area contributed by atoms with Crippen molar-refractivity contribution in [1.29, 1.82) is 0 Å². The largest absolute Gasteiger partial charge is 0.493 e. The van der Waals surface area contributed by atoms with Gasteiger partial charge < -0.3 is 19.5 Å². The lowest BCUT2D eigenvalue weighted by molar-refractivity contribution is -0.118. The molecule has 134 valence electrons. The molecule has 0 radical (unpaired) electrons. The lowest BCUT2D eigenvalue weighted by atomic mass is 10.3. The average molecular weight is 369 g/mol. The van der Waals surface area contributed by atoms with Gasteiger partial charge in [0.25, 0.3) is 11.7 Å². The summed E-state index contributed by atoms with van der Waals surface area (Å²) in [4.78, 5) is 12.4. The molecule has 5 nitrogen and oxygen atoms in total. The number of hydrogen-bond donors (Lipinski definition) is 1. The summed E-state index contributed by atoms with van der Waals surface area (Å²) >= 11 is 0.443. The van der Waals surface area contributed by atoms with Crippen LogP contribution in [-0.4, -0.2) is 32.5 Å². The van der Waals surface area contributed by atoms with Gasteiger partial charge in [0.15, 0.2) is 18.1 Å². The molecule has 0 aliphatic heterocycles. The van der Waals surface area contributed by atoms with E-state index in [4.69, 9.17) is 14.2 Å². The zero-order valence-electron chi connectivity index (χ0n) is 13.6. The van der Waals surface area contributed by atoms with Crippen molar-refractivity contribution in [2.45, 2.75) is 10.7 Å². The highest BCUT2D eigenvalue weighted by Gasteiger charge is 2.13. The Hall–Kier alpha value is -2.48. The number of carbonyl (C=O) groups excluding carboxylic acids is 1. The number of anilines is 1. The minimum absolute atomic E-state index is 0.260. The van der Waals surface area contributed by atoms with Crippen molar-refractivity contribution in [3.05, 3.63) is 42.5 Å². The zero-order chi connectivity index (χ0) is 18.2. The highest BCUT2D eigenvalue weighted by Crippen LogP contribution is 2.36. The van der Waals surface area contributed by atoms with Crippen LogP contribution >= 0.6 is 11.8 Å². The number of thioether (sulfide) groups is 1. The summed E-state index contributed by atoms with van der Waals surface area (Å²) in [5.41, 5.74) is 0.485. The highest BCUT2D eigenvalue weighted by atomic mass is 32.2. The molecule has 2 aromatic carbocycles. The van der Waals surface area contributed by atoms with E-state index >= 15 is 0 Å². The molecule has 1 amide bonds. The Bertz CT molecular complexity index is 688. The van der Waals surface area contributed by atoms with E-state index in [1.165, 1.54) is 26.4 Å². The van der Waals surface area contributed by atoms with Gasteiger partial charge in [-0.15, -0.1) is 0 Å². The van der Waals surface area contributed by atoms with Crippen molar-refractivity contribution in [3.63, 3.8) is 0 Å². The van der Waals surface area contributed by atoms with E-state index in [-0.39, 0.29) is 6.61 Å². The third-order valence-electron chi connectivity index (χ3n) is 3.09. The maximum absolute atomic E-state index is 12.3. The Labute approximate surface area is 148 Å². The molecule has 0 bridgehead atoms. The first kappa shape index (κ1) is 18.9. The summed E-state index contributed by atoms with van der Waals surface area (Å²) in [6.07, 6.45) is 0. The Kier molecular flexibility index (Phi) is 6.88. The lowest BCUT2D eigenvalue weighted by Gasteiger charge is -2.14. The minimum atomic E-state index is -2.48. The first-order valence-electron chi connectivity index (χ1n) is 7.22. The quantitative estimate of drug-likeness (QED) is 0.712. The van der Waals surface area contributed by atoms with Crippen molar-refractivity contribution < 1.29 is 27.8 Å². The van der Waals surface area contributed by atoms with E-state index in [0.717, 1.165) is 0 Å². The predicted molar refractivity (Wildman–Crippen MR) is 92.0 cm³/mol. The van der Waals surface area contributed by atoms with Gasteiger partial charge in [0, 0.05) is 10.6 Å². The van der Waals surface area contributed by atoms with Gasteiger partial charge in [-0.05, 0) is 36.4 Å². The molecule has 8 heteroatoms. The number of para-hydroxylation sites is 1. The number of amides is 1. The fraction of sp³-hybridized carbons (Fsp3) is 0.235. The fourth-order valence-corrected chi connectivity index (χ4v) is 2.51. The van der Waals surface area contributed by atoms with Crippen LogP contribution < -0.4 is 19.5 Å². The first-order valence-corrected chi connectivity index (χ1v) is 8.10. The monoisotopic (exact) mass is 369 g/mol. The van der Waals surface area contributed by atoms with Crippen LogP contribution in [0.3, 0.4) is 0 Å². The van der Waals surface area contributed by atoms with Crippen LogP contribution in [-0.2, 0) is 4.79 Å². The fourth-order valence-electron chi connectivity index (χ4n) is 2.01. The van der Waals surface area contributed by atoms with Gasteiger partial charge in [-0.2, -0.15) is 8.78 Å². The van der Waals surface area contributed by atoms with E-state index in [0.29, 0.717) is 39.6 Å². The third-order valence-corrected chi connectivity index (χ3v) is 3.82. The first-order chi connectivity index (χ1) is 12.0. The van der Waals surface area contributed by atoms with Crippen LogP contribution in [0.4, 0.5) is 14.5 Å². The van der Waals surface area contributed by atoms with Crippen LogP contribution in [0.2, 0.25) is 0 Å². The molecule has 1 N–H and O–H groups in total. The van der Waals surface area contributed by atoms with Gasteiger partial charge in [-0.1, -0.05) is 17.8 Å². The van der Waals surface area contributed by atoms with Crippen LogP contribution in [0.25, 0.3) is 0 Å². The van der Waals surface area contributed by atoms with Crippen LogP contribution in [0, 0.1) is 0 Å². The Balaban J connectivity index is 1.95. The molecular weight excluding hydrogens is 352 g/mol. The number of halogens is 2. The Morgan fingerprint density at radius 2 is 1.68 bits per heavy atom. The molecule has 0 saturated heterocycles. The number of hydrogen-bond acceptors (Lipinski definition) is 5. The topological polar surface area (TPSA) is 56.8 Å². The van der Waals surface area contributed by atoms with E-state index in [1.807, 2.05) is 0 Å². The molecule has 0 aliphatic carbocycles. The second-order valence-electron chi connectivity index (χ2n) is 4.73. The molecule has 0 unspecified atom stereocenters. The molecule has 0 aromatic heterocycles. The summed E-state index contributed by atoms with van der Waals surface area (Å²) in [6.45, 7) is -0.260. The molecule has 0 aliphatic rings. The van der Waals surface area contributed by atoms with Crippen LogP contribution in [0.15, 0.2) is 47.4 Å². The SMILES string of the molecule is COc1cccc(OC)c1OCC(=O)Nc1ccc(SC(F)F)cc1. The minimum Gasteiger partial charge on any atom is -0.493 e. The van der Waals surface area contributed by atoms with Crippen LogP contribution in [0.5, 0.6) is 17.2 Å². The molecule has 0 spiro atoms.